The third kappa shape index (κ3) is 1.28. The molecule has 1 atom stereocenters. The summed E-state index contributed by atoms with van der Waals surface area (Å²) >= 11 is 1.81. The van der Waals surface area contributed by atoms with E-state index in [1.54, 1.807) is 0 Å². The highest BCUT2D eigenvalue weighted by Crippen LogP contribution is 2.45. The first-order valence-corrected chi connectivity index (χ1v) is 5.66. The molecule has 2 nitrogen and oxygen atoms in total. The Morgan fingerprint density at radius 2 is 2.17 bits per heavy atom. The number of hydrogen-bond donors (Lipinski definition) is 0. The van der Waals surface area contributed by atoms with Crippen LogP contribution in [0.2, 0.25) is 0 Å². The Morgan fingerprint density at radius 1 is 1.50 bits per heavy atom. The van der Waals surface area contributed by atoms with E-state index in [2.05, 4.69) is 13.8 Å². The van der Waals surface area contributed by atoms with E-state index in [0.717, 1.165) is 13.2 Å². The van der Waals surface area contributed by atoms with Crippen molar-refractivity contribution >= 4 is 11.8 Å². The second kappa shape index (κ2) is 3.20. The Hall–Kier alpha value is 0.270. The molecule has 3 heterocycles. The highest BCUT2D eigenvalue weighted by molar-refractivity contribution is 7.99. The maximum Gasteiger partial charge on any atom is 0.206 e. The normalized spacial score (nSPS) is 43.0. The lowest BCUT2D eigenvalue weighted by Crippen LogP contribution is -2.51. The van der Waals surface area contributed by atoms with E-state index in [4.69, 9.17) is 9.47 Å². The predicted molar refractivity (Wildman–Crippen MR) is 50.0 cm³/mol. The minimum absolute atomic E-state index is 0.0379. The highest BCUT2D eigenvalue weighted by Gasteiger charge is 2.45. The van der Waals surface area contributed by atoms with Crippen LogP contribution in [-0.2, 0) is 9.47 Å². The third-order valence-corrected chi connectivity index (χ3v) is 4.46. The van der Waals surface area contributed by atoms with E-state index < -0.39 is 0 Å². The number of fused-ring (bicyclic) bond motifs is 3. The number of ether oxygens (including phenoxy) is 2. The second-order valence-electron chi connectivity index (χ2n) is 3.89. The zero-order valence-corrected chi connectivity index (χ0v) is 8.52. The van der Waals surface area contributed by atoms with Crippen LogP contribution in [0.4, 0.5) is 0 Å². The first kappa shape index (κ1) is 8.85. The highest BCUT2D eigenvalue weighted by atomic mass is 32.2. The molecule has 3 saturated heterocycles. The van der Waals surface area contributed by atoms with Gasteiger partial charge in [0.25, 0.3) is 0 Å². The van der Waals surface area contributed by atoms with Gasteiger partial charge in [-0.1, -0.05) is 20.3 Å². The van der Waals surface area contributed by atoms with Crippen LogP contribution in [0.3, 0.4) is 0 Å². The second-order valence-corrected chi connectivity index (χ2v) is 4.90. The third-order valence-electron chi connectivity index (χ3n) is 3.18. The van der Waals surface area contributed by atoms with E-state index in [0.29, 0.717) is 11.3 Å². The molecule has 0 aliphatic carbocycles. The van der Waals surface area contributed by atoms with Crippen molar-refractivity contribution in [3.8, 4) is 0 Å². The van der Waals surface area contributed by atoms with Gasteiger partial charge >= 0.3 is 0 Å². The summed E-state index contributed by atoms with van der Waals surface area (Å²) in [5.74, 6) is 1.93. The predicted octanol–water partition coefficient (Wildman–Crippen LogP) is 2.10. The first-order valence-electron chi connectivity index (χ1n) is 4.62. The van der Waals surface area contributed by atoms with Crippen LogP contribution in [0.25, 0.3) is 0 Å². The molecule has 0 radical (unpaired) electrons. The molecular weight excluding hydrogens is 172 g/mol. The molecule has 0 amide bonds. The summed E-state index contributed by atoms with van der Waals surface area (Å²) in [7, 11) is 0. The molecule has 12 heavy (non-hydrogen) atoms. The zero-order chi connectivity index (χ0) is 8.60. The number of rotatable bonds is 2. The van der Waals surface area contributed by atoms with Crippen molar-refractivity contribution in [1.29, 1.82) is 0 Å². The Balaban J connectivity index is 2.08. The Morgan fingerprint density at radius 3 is 2.58 bits per heavy atom. The molecule has 3 aliphatic heterocycles. The van der Waals surface area contributed by atoms with Crippen LogP contribution >= 0.6 is 11.8 Å². The molecule has 0 spiro atoms. The van der Waals surface area contributed by atoms with E-state index in [9.17, 15) is 0 Å². The molecule has 0 N–H and O–H groups in total. The molecule has 0 aromatic rings. The first-order chi connectivity index (χ1) is 5.77. The summed E-state index contributed by atoms with van der Waals surface area (Å²) in [5, 5.41) is 0. The molecule has 0 saturated carbocycles. The van der Waals surface area contributed by atoms with E-state index in [1.165, 1.54) is 12.2 Å². The van der Waals surface area contributed by atoms with Crippen molar-refractivity contribution in [1.82, 2.24) is 0 Å². The van der Waals surface area contributed by atoms with Crippen LogP contribution in [0.1, 0.15) is 20.3 Å². The minimum atomic E-state index is 0.0379. The van der Waals surface area contributed by atoms with Gasteiger partial charge in [0.1, 0.15) is 0 Å². The fourth-order valence-corrected chi connectivity index (χ4v) is 3.08. The molecule has 70 valence electrons. The van der Waals surface area contributed by atoms with E-state index >= 15 is 0 Å². The van der Waals surface area contributed by atoms with Crippen LogP contribution in [0.5, 0.6) is 0 Å². The lowest BCUT2D eigenvalue weighted by molar-refractivity contribution is -0.203. The zero-order valence-electron chi connectivity index (χ0n) is 7.71. The van der Waals surface area contributed by atoms with Crippen LogP contribution in [0, 0.1) is 11.3 Å². The average Bonchev–Trinajstić information content (AvgIpc) is 2.19. The fourth-order valence-electron chi connectivity index (χ4n) is 1.83. The van der Waals surface area contributed by atoms with Crippen LogP contribution < -0.4 is 0 Å². The van der Waals surface area contributed by atoms with Gasteiger partial charge in [-0.15, -0.1) is 11.8 Å². The van der Waals surface area contributed by atoms with Crippen molar-refractivity contribution in [2.24, 2.45) is 11.3 Å². The Kier molecular flexibility index (Phi) is 2.36. The van der Waals surface area contributed by atoms with Crippen molar-refractivity contribution < 1.29 is 9.47 Å². The average molecular weight is 188 g/mol. The summed E-state index contributed by atoms with van der Waals surface area (Å²) in [6, 6.07) is 0. The van der Waals surface area contributed by atoms with Gasteiger partial charge in [-0.05, 0) is 5.92 Å². The molecular formula is C9H16O2S. The van der Waals surface area contributed by atoms with Gasteiger partial charge in [-0.2, -0.15) is 0 Å². The van der Waals surface area contributed by atoms with Crippen molar-refractivity contribution in [3.05, 3.63) is 0 Å². The molecule has 3 fully saturated rings. The quantitative estimate of drug-likeness (QED) is 0.661. The molecule has 3 rings (SSSR count). The molecule has 3 heteroatoms. The van der Waals surface area contributed by atoms with Crippen molar-refractivity contribution in [3.63, 3.8) is 0 Å². The lowest BCUT2D eigenvalue weighted by atomic mass is 9.77. The van der Waals surface area contributed by atoms with Crippen molar-refractivity contribution in [2.75, 3.05) is 19.0 Å². The largest absolute Gasteiger partial charge is 0.343 e. The summed E-state index contributed by atoms with van der Waals surface area (Å²) in [4.78, 5) is 0. The summed E-state index contributed by atoms with van der Waals surface area (Å²) < 4.78 is 11.1. The maximum atomic E-state index is 5.54. The van der Waals surface area contributed by atoms with Gasteiger partial charge in [-0.3, -0.25) is 0 Å². The molecule has 0 aromatic heterocycles. The monoisotopic (exact) mass is 188 g/mol. The standard InChI is InChI=1S/C9H16O2S/c1-3-7(2)9-4-10-8(11-5-9)12-6-9/h7-8H,3-6H2,1-2H3. The Labute approximate surface area is 78.0 Å². The molecule has 0 aromatic carbocycles. The number of hydrogen-bond acceptors (Lipinski definition) is 3. The fraction of sp³-hybridized carbons (Fsp3) is 1.00. The van der Waals surface area contributed by atoms with Gasteiger partial charge in [0.15, 0.2) is 0 Å². The van der Waals surface area contributed by atoms with E-state index in [1.807, 2.05) is 11.8 Å². The topological polar surface area (TPSA) is 18.5 Å². The Bertz CT molecular complexity index is 150. The SMILES string of the molecule is CCC(C)C12COC(OC1)SC2. The smallest absolute Gasteiger partial charge is 0.206 e. The maximum absolute atomic E-state index is 5.54. The minimum Gasteiger partial charge on any atom is -0.343 e. The summed E-state index contributed by atoms with van der Waals surface area (Å²) in [5.41, 5.74) is 0.352. The molecule has 3 aliphatic rings. The lowest BCUT2D eigenvalue weighted by Gasteiger charge is -2.48. The number of thioether (sulfide) groups is 1. The van der Waals surface area contributed by atoms with E-state index in [-0.39, 0.29) is 5.62 Å². The molecule has 2 bridgehead atoms. The van der Waals surface area contributed by atoms with Gasteiger partial charge in [-0.25, -0.2) is 0 Å². The van der Waals surface area contributed by atoms with Crippen LogP contribution in [0.15, 0.2) is 0 Å². The van der Waals surface area contributed by atoms with Gasteiger partial charge in [0.2, 0.25) is 5.62 Å². The summed E-state index contributed by atoms with van der Waals surface area (Å²) in [6.45, 7) is 6.35. The van der Waals surface area contributed by atoms with Gasteiger partial charge < -0.3 is 9.47 Å². The van der Waals surface area contributed by atoms with Gasteiger partial charge in [0, 0.05) is 11.2 Å². The van der Waals surface area contributed by atoms with Crippen LogP contribution in [-0.4, -0.2) is 24.6 Å². The molecule has 1 unspecified atom stereocenters. The summed E-state index contributed by atoms with van der Waals surface area (Å²) in [6.07, 6.45) is 1.22. The van der Waals surface area contributed by atoms with Gasteiger partial charge in [0.05, 0.1) is 13.2 Å². The van der Waals surface area contributed by atoms with Crippen molar-refractivity contribution in [2.45, 2.75) is 25.9 Å².